The number of nitrogens with zero attached hydrogens (tertiary/aromatic N) is 2. The molecule has 2 heterocycles. The Morgan fingerprint density at radius 1 is 1.23 bits per heavy atom. The third-order valence-corrected chi connectivity index (χ3v) is 5.53. The van der Waals surface area contributed by atoms with Gasteiger partial charge in [-0.15, -0.1) is 0 Å². The first-order chi connectivity index (χ1) is 10.8. The minimum Gasteiger partial charge on any atom is -0.293 e. The average molecular weight is 311 g/mol. The van der Waals surface area contributed by atoms with Gasteiger partial charge in [-0.2, -0.15) is 4.99 Å². The highest BCUT2D eigenvalue weighted by molar-refractivity contribution is 8.17. The van der Waals surface area contributed by atoms with Crippen molar-refractivity contribution in [1.29, 1.82) is 0 Å². The Labute approximate surface area is 133 Å². The van der Waals surface area contributed by atoms with Gasteiger partial charge in [0.1, 0.15) is 5.84 Å². The SMILES string of the molecule is O=C1N=C2SC3=C(CCCC3)C2C(=NCc2ccccc2)N1. The highest BCUT2D eigenvalue weighted by Crippen LogP contribution is 2.47. The van der Waals surface area contributed by atoms with Crippen LogP contribution in [0.5, 0.6) is 0 Å². The number of carbonyl (C=O) groups is 1. The van der Waals surface area contributed by atoms with Crippen LogP contribution < -0.4 is 5.32 Å². The van der Waals surface area contributed by atoms with Gasteiger partial charge in [-0.1, -0.05) is 42.1 Å². The summed E-state index contributed by atoms with van der Waals surface area (Å²) in [5.41, 5.74) is 2.58. The number of allylic oxidation sites excluding steroid dienone is 1. The maximum Gasteiger partial charge on any atom is 0.347 e. The number of hydrogen-bond donors (Lipinski definition) is 1. The highest BCUT2D eigenvalue weighted by atomic mass is 32.2. The smallest absolute Gasteiger partial charge is 0.293 e. The molecule has 1 atom stereocenters. The summed E-state index contributed by atoms with van der Waals surface area (Å²) in [6.45, 7) is 0.591. The number of fused-ring (bicyclic) bond motifs is 2. The van der Waals surface area contributed by atoms with Gasteiger partial charge in [-0.05, 0) is 41.7 Å². The van der Waals surface area contributed by atoms with Gasteiger partial charge >= 0.3 is 6.03 Å². The molecule has 0 aromatic heterocycles. The first-order valence-electron chi connectivity index (χ1n) is 7.69. The molecular formula is C17H17N3OS. The second-order valence-corrected chi connectivity index (χ2v) is 6.87. The van der Waals surface area contributed by atoms with Crippen LogP contribution in [0, 0.1) is 5.92 Å². The summed E-state index contributed by atoms with van der Waals surface area (Å²) in [7, 11) is 0. The second kappa shape index (κ2) is 5.72. The summed E-state index contributed by atoms with van der Waals surface area (Å²) in [5.74, 6) is 0.875. The Bertz CT molecular complexity index is 706. The summed E-state index contributed by atoms with van der Waals surface area (Å²) in [5, 5.41) is 3.79. The number of thioether (sulfide) groups is 1. The Morgan fingerprint density at radius 3 is 2.91 bits per heavy atom. The lowest BCUT2D eigenvalue weighted by atomic mass is 9.88. The molecule has 0 bridgehead atoms. The minimum absolute atomic E-state index is 0.0988. The molecule has 0 fully saturated rings. The molecule has 5 heteroatoms. The number of amides is 2. The second-order valence-electron chi connectivity index (χ2n) is 5.76. The summed E-state index contributed by atoms with van der Waals surface area (Å²) in [4.78, 5) is 22.1. The standard InChI is InChI=1S/C17H17N3OS/c21-17-19-15(18-10-11-6-2-1-3-7-11)14-12-8-4-5-9-13(12)22-16(14)20-17/h1-3,6-7,14H,4-5,8-10H2,(H,18,19,21). The zero-order valence-electron chi connectivity index (χ0n) is 12.2. The van der Waals surface area contributed by atoms with Crippen molar-refractivity contribution in [1.82, 2.24) is 5.32 Å². The van der Waals surface area contributed by atoms with Crippen molar-refractivity contribution in [3.05, 3.63) is 46.4 Å². The van der Waals surface area contributed by atoms with Crippen LogP contribution in [0.2, 0.25) is 0 Å². The monoisotopic (exact) mass is 311 g/mol. The van der Waals surface area contributed by atoms with Gasteiger partial charge in [0.05, 0.1) is 17.5 Å². The van der Waals surface area contributed by atoms with Crippen molar-refractivity contribution in [2.24, 2.45) is 15.9 Å². The van der Waals surface area contributed by atoms with E-state index in [-0.39, 0.29) is 11.9 Å². The van der Waals surface area contributed by atoms with Gasteiger partial charge in [-0.25, -0.2) is 4.79 Å². The lowest BCUT2D eigenvalue weighted by molar-refractivity contribution is 0.252. The average Bonchev–Trinajstić information content (AvgIpc) is 2.91. The molecule has 1 unspecified atom stereocenters. The van der Waals surface area contributed by atoms with Crippen LogP contribution in [-0.2, 0) is 6.54 Å². The molecule has 4 nitrogen and oxygen atoms in total. The van der Waals surface area contributed by atoms with E-state index in [9.17, 15) is 4.79 Å². The number of rotatable bonds is 2. The maximum absolute atomic E-state index is 11.8. The molecule has 2 amide bonds. The molecule has 0 radical (unpaired) electrons. The maximum atomic E-state index is 11.8. The predicted octanol–water partition coefficient (Wildman–Crippen LogP) is 3.90. The lowest BCUT2D eigenvalue weighted by Gasteiger charge is -2.23. The van der Waals surface area contributed by atoms with Crippen LogP contribution in [0.1, 0.15) is 31.2 Å². The number of amidine groups is 1. The largest absolute Gasteiger partial charge is 0.347 e. The fraction of sp³-hybridized carbons (Fsp3) is 0.353. The van der Waals surface area contributed by atoms with Gasteiger partial charge in [0, 0.05) is 0 Å². The van der Waals surface area contributed by atoms with Crippen molar-refractivity contribution in [3.63, 3.8) is 0 Å². The van der Waals surface area contributed by atoms with Crippen LogP contribution in [0.15, 0.2) is 50.8 Å². The van der Waals surface area contributed by atoms with Crippen LogP contribution in [-0.4, -0.2) is 16.9 Å². The number of urea groups is 1. The molecule has 1 aromatic carbocycles. The highest BCUT2D eigenvalue weighted by Gasteiger charge is 2.40. The summed E-state index contributed by atoms with van der Waals surface area (Å²) < 4.78 is 0. The van der Waals surface area contributed by atoms with E-state index < -0.39 is 0 Å². The van der Waals surface area contributed by atoms with E-state index in [0.717, 1.165) is 29.3 Å². The van der Waals surface area contributed by atoms with Gasteiger partial charge in [0.25, 0.3) is 0 Å². The van der Waals surface area contributed by atoms with Crippen molar-refractivity contribution in [2.45, 2.75) is 32.2 Å². The molecular weight excluding hydrogens is 294 g/mol. The molecule has 0 saturated carbocycles. The molecule has 4 rings (SSSR count). The van der Waals surface area contributed by atoms with Crippen LogP contribution >= 0.6 is 11.8 Å². The van der Waals surface area contributed by atoms with Crippen molar-refractivity contribution in [2.75, 3.05) is 0 Å². The zero-order valence-corrected chi connectivity index (χ0v) is 13.0. The van der Waals surface area contributed by atoms with Crippen LogP contribution in [0.25, 0.3) is 0 Å². The van der Waals surface area contributed by atoms with E-state index in [1.807, 2.05) is 18.2 Å². The quantitative estimate of drug-likeness (QED) is 0.900. The topological polar surface area (TPSA) is 53.8 Å². The Hall–Kier alpha value is -1.88. The third kappa shape index (κ3) is 2.50. The van der Waals surface area contributed by atoms with E-state index in [2.05, 4.69) is 22.4 Å². The molecule has 0 saturated heterocycles. The summed E-state index contributed by atoms with van der Waals surface area (Å²) in [6.07, 6.45) is 4.69. The fourth-order valence-corrected chi connectivity index (χ4v) is 4.58. The van der Waals surface area contributed by atoms with Crippen molar-refractivity contribution < 1.29 is 4.79 Å². The summed E-state index contributed by atoms with van der Waals surface area (Å²) in [6, 6.07) is 9.84. The van der Waals surface area contributed by atoms with Gasteiger partial charge < -0.3 is 0 Å². The number of hydrogen-bond acceptors (Lipinski definition) is 3. The van der Waals surface area contributed by atoms with E-state index in [4.69, 9.17) is 4.99 Å². The molecule has 2 aliphatic heterocycles. The van der Waals surface area contributed by atoms with Crippen molar-refractivity contribution in [3.8, 4) is 0 Å². The lowest BCUT2D eigenvalue weighted by Crippen LogP contribution is -2.42. The number of benzene rings is 1. The fourth-order valence-electron chi connectivity index (χ4n) is 3.23. The number of aliphatic imine (C=N–C) groups is 2. The molecule has 1 aliphatic carbocycles. The van der Waals surface area contributed by atoms with Gasteiger partial charge in [0.15, 0.2) is 0 Å². The van der Waals surface area contributed by atoms with Crippen LogP contribution in [0.4, 0.5) is 4.79 Å². The van der Waals surface area contributed by atoms with Gasteiger partial charge in [-0.3, -0.25) is 10.3 Å². The van der Waals surface area contributed by atoms with E-state index >= 15 is 0 Å². The number of nitrogens with one attached hydrogen (secondary N) is 1. The van der Waals surface area contributed by atoms with E-state index in [1.165, 1.54) is 23.3 Å². The molecule has 0 spiro atoms. The molecule has 1 aromatic rings. The number of carbonyl (C=O) groups excluding carboxylic acids is 1. The van der Waals surface area contributed by atoms with Crippen LogP contribution in [0.3, 0.4) is 0 Å². The Balaban J connectivity index is 1.65. The van der Waals surface area contributed by atoms with Gasteiger partial charge in [0.2, 0.25) is 0 Å². The Kier molecular flexibility index (Phi) is 3.58. The first kappa shape index (κ1) is 13.8. The summed E-state index contributed by atoms with van der Waals surface area (Å²) >= 11 is 1.70. The van der Waals surface area contributed by atoms with Crippen molar-refractivity contribution >= 4 is 28.7 Å². The zero-order chi connectivity index (χ0) is 14.9. The molecule has 22 heavy (non-hydrogen) atoms. The normalized spacial score (nSPS) is 25.6. The Morgan fingerprint density at radius 2 is 2.05 bits per heavy atom. The minimum atomic E-state index is -0.287. The molecule has 112 valence electrons. The first-order valence-corrected chi connectivity index (χ1v) is 8.50. The molecule has 1 N–H and O–H groups in total. The molecule has 3 aliphatic rings. The predicted molar refractivity (Wildman–Crippen MR) is 90.1 cm³/mol. The van der Waals surface area contributed by atoms with E-state index in [1.54, 1.807) is 11.8 Å². The third-order valence-electron chi connectivity index (χ3n) is 4.28. The van der Waals surface area contributed by atoms with E-state index in [0.29, 0.717) is 6.54 Å².